The fraction of sp³-hybridized carbons (Fsp3) is 0.0556. The summed E-state index contributed by atoms with van der Waals surface area (Å²) >= 11 is 0. The van der Waals surface area contributed by atoms with Crippen molar-refractivity contribution in [2.24, 2.45) is 0 Å². The van der Waals surface area contributed by atoms with Crippen molar-refractivity contribution in [3.8, 4) is 11.5 Å². The zero-order valence-electron chi connectivity index (χ0n) is 23.8. The van der Waals surface area contributed by atoms with Crippen molar-refractivity contribution in [2.45, 2.75) is 13.8 Å². The predicted octanol–water partition coefficient (Wildman–Crippen LogP) is 7.93. The van der Waals surface area contributed by atoms with Crippen LogP contribution in [-0.4, -0.2) is 27.2 Å². The average molecular weight is 573 g/mol. The van der Waals surface area contributed by atoms with Gasteiger partial charge < -0.3 is 26.4 Å². The van der Waals surface area contributed by atoms with Gasteiger partial charge in [-0.3, -0.25) is 4.79 Å². The van der Waals surface area contributed by atoms with Crippen LogP contribution in [0.2, 0.25) is 0 Å². The van der Waals surface area contributed by atoms with E-state index in [1.54, 1.807) is 18.2 Å². The highest BCUT2D eigenvalue weighted by Gasteiger charge is 2.13. The topological polar surface area (TPSA) is 133 Å². The number of para-hydroxylation sites is 2. The Kier molecular flexibility index (Phi) is 9.60. The summed E-state index contributed by atoms with van der Waals surface area (Å²) in [7, 11) is 0. The zero-order valence-corrected chi connectivity index (χ0v) is 23.8. The van der Waals surface area contributed by atoms with Crippen LogP contribution >= 0.6 is 0 Å². The molecule has 0 aromatic heterocycles. The molecule has 7 heteroatoms. The third-order valence-electron chi connectivity index (χ3n) is 6.78. The quantitative estimate of drug-likeness (QED) is 0.137. The number of aromatic hydroxyl groups is 2. The summed E-state index contributed by atoms with van der Waals surface area (Å²) in [5.41, 5.74) is 9.47. The number of amides is 1. The maximum Gasteiger partial charge on any atom is 0.339 e. The molecule has 6 aromatic carbocycles. The number of nitrogens with one attached hydrogen (secondary N) is 1. The summed E-state index contributed by atoms with van der Waals surface area (Å²) in [6, 6.07) is 36.5. The molecule has 7 nitrogen and oxygen atoms in total. The van der Waals surface area contributed by atoms with Crippen LogP contribution < -0.4 is 11.1 Å². The Bertz CT molecular complexity index is 1900. The molecular weight excluding hydrogens is 540 g/mol. The van der Waals surface area contributed by atoms with Crippen molar-refractivity contribution < 1.29 is 24.9 Å². The molecule has 43 heavy (non-hydrogen) atoms. The molecule has 0 aliphatic heterocycles. The highest BCUT2D eigenvalue weighted by Crippen LogP contribution is 2.27. The van der Waals surface area contributed by atoms with Gasteiger partial charge in [-0.15, -0.1) is 0 Å². The van der Waals surface area contributed by atoms with Crippen LogP contribution in [0.15, 0.2) is 121 Å². The number of hydrogen-bond acceptors (Lipinski definition) is 5. The number of carboxylic acids is 1. The first-order valence-electron chi connectivity index (χ1n) is 13.5. The molecule has 0 fully saturated rings. The number of nitrogens with two attached hydrogens (primary N) is 1. The Morgan fingerprint density at radius 1 is 0.581 bits per heavy atom. The molecule has 0 radical (unpaired) electrons. The van der Waals surface area contributed by atoms with Crippen molar-refractivity contribution in [1.82, 2.24) is 0 Å². The first kappa shape index (κ1) is 30.1. The highest BCUT2D eigenvalue weighted by molar-refractivity contribution is 6.09. The van der Waals surface area contributed by atoms with Gasteiger partial charge in [0.15, 0.2) is 0 Å². The molecule has 6 N–H and O–H groups in total. The number of carbonyl (C=O) groups is 2. The number of carbonyl (C=O) groups excluding carboxylic acids is 1. The summed E-state index contributed by atoms with van der Waals surface area (Å²) in [6.45, 7) is 3.92. The third-order valence-corrected chi connectivity index (χ3v) is 6.78. The summed E-state index contributed by atoms with van der Waals surface area (Å²) in [4.78, 5) is 23.1. The number of benzene rings is 6. The lowest BCUT2D eigenvalue weighted by Gasteiger charge is -2.10. The second-order valence-corrected chi connectivity index (χ2v) is 9.86. The van der Waals surface area contributed by atoms with E-state index in [-0.39, 0.29) is 28.5 Å². The van der Waals surface area contributed by atoms with E-state index < -0.39 is 5.97 Å². The van der Waals surface area contributed by atoms with Crippen LogP contribution in [0.3, 0.4) is 0 Å². The van der Waals surface area contributed by atoms with Gasteiger partial charge in [0.05, 0.1) is 5.56 Å². The first-order valence-corrected chi connectivity index (χ1v) is 13.5. The number of phenolic OH excluding ortho intramolecular Hbond substituents is 1. The van der Waals surface area contributed by atoms with E-state index in [2.05, 4.69) is 5.32 Å². The number of aryl methyl sites for hydroxylation is 2. The largest absolute Gasteiger partial charge is 0.507 e. The molecule has 0 aliphatic rings. The molecule has 0 unspecified atom stereocenters. The lowest BCUT2D eigenvalue weighted by atomic mass is 10.1. The van der Waals surface area contributed by atoms with Gasteiger partial charge in [0.2, 0.25) is 0 Å². The molecule has 0 heterocycles. The van der Waals surface area contributed by atoms with E-state index in [0.29, 0.717) is 0 Å². The van der Waals surface area contributed by atoms with Crippen molar-refractivity contribution in [1.29, 1.82) is 0 Å². The Morgan fingerprint density at radius 2 is 1.00 bits per heavy atom. The van der Waals surface area contributed by atoms with Crippen LogP contribution in [0.25, 0.3) is 21.5 Å². The minimum absolute atomic E-state index is 0.0141. The number of aromatic carboxylic acids is 1. The molecule has 0 spiro atoms. The van der Waals surface area contributed by atoms with Crippen LogP contribution in [0.5, 0.6) is 11.5 Å². The van der Waals surface area contributed by atoms with E-state index in [0.717, 1.165) is 44.0 Å². The maximum absolute atomic E-state index is 12.4. The number of carboxylic acid groups (broad SMARTS) is 1. The van der Waals surface area contributed by atoms with Crippen molar-refractivity contribution in [3.05, 3.63) is 144 Å². The number of rotatable bonds is 3. The van der Waals surface area contributed by atoms with Crippen LogP contribution in [0.4, 0.5) is 11.4 Å². The van der Waals surface area contributed by atoms with Gasteiger partial charge in [-0.2, -0.15) is 0 Å². The second kappa shape index (κ2) is 13.7. The summed E-state index contributed by atoms with van der Waals surface area (Å²) in [5, 5.41) is 34.5. The number of phenols is 2. The molecule has 0 saturated heterocycles. The highest BCUT2D eigenvalue weighted by atomic mass is 16.4. The molecular formula is C36H32N2O5. The van der Waals surface area contributed by atoms with Crippen molar-refractivity contribution in [3.63, 3.8) is 0 Å². The monoisotopic (exact) mass is 572 g/mol. The minimum Gasteiger partial charge on any atom is -0.507 e. The first-order chi connectivity index (χ1) is 20.6. The molecule has 216 valence electrons. The van der Waals surface area contributed by atoms with Crippen LogP contribution in [-0.2, 0) is 0 Å². The molecule has 0 bridgehead atoms. The predicted molar refractivity (Wildman–Crippen MR) is 173 cm³/mol. The number of nitrogen functional groups attached to an aromatic ring is 1. The van der Waals surface area contributed by atoms with Gasteiger partial charge in [-0.1, -0.05) is 84.9 Å². The van der Waals surface area contributed by atoms with E-state index in [1.165, 1.54) is 12.1 Å². The molecule has 6 aromatic rings. The van der Waals surface area contributed by atoms with Gasteiger partial charge in [-0.05, 0) is 82.9 Å². The lowest BCUT2D eigenvalue weighted by molar-refractivity contribution is 0.0693. The van der Waals surface area contributed by atoms with Gasteiger partial charge in [0.1, 0.15) is 17.1 Å². The molecule has 6 rings (SSSR count). The molecule has 0 aliphatic carbocycles. The average Bonchev–Trinajstić information content (AvgIpc) is 2.99. The van der Waals surface area contributed by atoms with Crippen molar-refractivity contribution in [2.75, 3.05) is 11.1 Å². The minimum atomic E-state index is -1.12. The number of fused-ring (bicyclic) bond motifs is 2. The van der Waals surface area contributed by atoms with E-state index >= 15 is 0 Å². The van der Waals surface area contributed by atoms with E-state index in [9.17, 15) is 19.8 Å². The van der Waals surface area contributed by atoms with E-state index in [4.69, 9.17) is 10.8 Å². The van der Waals surface area contributed by atoms with Gasteiger partial charge in [0.25, 0.3) is 5.91 Å². The van der Waals surface area contributed by atoms with Gasteiger partial charge >= 0.3 is 5.97 Å². The molecule has 0 saturated carbocycles. The summed E-state index contributed by atoms with van der Waals surface area (Å²) in [6.07, 6.45) is 0. The Hall–Kier alpha value is -5.82. The maximum atomic E-state index is 12.4. The van der Waals surface area contributed by atoms with Crippen molar-refractivity contribution >= 4 is 44.8 Å². The lowest BCUT2D eigenvalue weighted by Crippen LogP contribution is -2.12. The van der Waals surface area contributed by atoms with E-state index in [1.807, 2.05) is 105 Å². The standard InChI is InChI=1S/C18H15NO2.C11H8O3.C7H9N/c1-12-6-2-5-9-16(12)19-18(21)15-10-13-7-3-4-8-14(13)11-17(15)20;12-10-6-8-4-2-1-3-7(8)5-9(10)11(13)14;1-6-4-2-3-5-7(6)8/h2-11,20H,1H3,(H,19,21);1-6,12H,(H,13,14);2-5H,8H2,1H3. The number of hydrogen-bond donors (Lipinski definition) is 5. The Balaban J connectivity index is 0.000000165. The molecule has 1 amide bonds. The zero-order chi connectivity index (χ0) is 30.9. The Labute approximate surface area is 249 Å². The fourth-order valence-corrected chi connectivity index (χ4v) is 4.30. The number of anilines is 2. The summed E-state index contributed by atoms with van der Waals surface area (Å²) in [5.74, 6) is -1.64. The van der Waals surface area contributed by atoms with Gasteiger partial charge in [0, 0.05) is 11.4 Å². The second-order valence-electron chi connectivity index (χ2n) is 9.86. The van der Waals surface area contributed by atoms with Crippen LogP contribution in [0.1, 0.15) is 31.8 Å². The fourth-order valence-electron chi connectivity index (χ4n) is 4.30. The van der Waals surface area contributed by atoms with Gasteiger partial charge in [-0.25, -0.2) is 4.79 Å². The smallest absolute Gasteiger partial charge is 0.339 e. The third kappa shape index (κ3) is 7.68. The summed E-state index contributed by atoms with van der Waals surface area (Å²) < 4.78 is 0. The Morgan fingerprint density at radius 3 is 1.47 bits per heavy atom. The van der Waals surface area contributed by atoms with Crippen LogP contribution in [0, 0.1) is 13.8 Å². The molecule has 0 atom stereocenters. The SMILES string of the molecule is Cc1ccccc1N.Cc1ccccc1NC(=O)c1cc2ccccc2cc1O.O=C(O)c1cc2ccccc2cc1O. The normalized spacial score (nSPS) is 10.2.